The summed E-state index contributed by atoms with van der Waals surface area (Å²) in [4.78, 5) is 34.4. The van der Waals surface area contributed by atoms with E-state index >= 15 is 0 Å². The molecule has 0 radical (unpaired) electrons. The average Bonchev–Trinajstić information content (AvgIpc) is 3.21. The molecule has 3 aromatic rings. The molecule has 6 nitrogen and oxygen atoms in total. The van der Waals surface area contributed by atoms with Gasteiger partial charge in [-0.15, -0.1) is 0 Å². The maximum atomic E-state index is 13.9. The van der Waals surface area contributed by atoms with Gasteiger partial charge in [0.2, 0.25) is 5.91 Å². The normalized spacial score (nSPS) is 22.4. The number of piperazine rings is 1. The molecule has 2 aliphatic rings. The van der Waals surface area contributed by atoms with Crippen molar-refractivity contribution in [1.29, 1.82) is 0 Å². The molecule has 1 fully saturated rings. The van der Waals surface area contributed by atoms with Crippen LogP contribution in [0.5, 0.6) is 0 Å². The van der Waals surface area contributed by atoms with Crippen LogP contribution in [-0.4, -0.2) is 58.9 Å². The average molecular weight is 480 g/mol. The molecule has 2 aliphatic heterocycles. The van der Waals surface area contributed by atoms with Gasteiger partial charge in [-0.1, -0.05) is 41.9 Å². The number of H-pyrrole nitrogens is 1. The van der Waals surface area contributed by atoms with E-state index in [2.05, 4.69) is 11.1 Å². The molecule has 0 unspecified atom stereocenters. The van der Waals surface area contributed by atoms with E-state index in [4.69, 9.17) is 16.3 Å². The summed E-state index contributed by atoms with van der Waals surface area (Å²) in [7, 11) is 0. The molecule has 1 aromatic heterocycles. The standard InChI is InChI=1S/C27H30ClN3O3/c1-17(2)34-14-6-13-30-16-23(32)31-15-21(18-9-11-19(28)12-10-18)24-20-7-4-5-8-22(20)29-25(24)27(31,3)26(30)33/h4-5,7-12,17,21,29H,6,13-16H2,1-3H3/t21-,27+/m1/s1. The second kappa shape index (κ2) is 8.75. The Balaban J connectivity index is 1.58. The fourth-order valence-corrected chi connectivity index (χ4v) is 5.55. The SMILES string of the molecule is CC(C)OCCCN1CC(=O)N2C[C@H](c3ccc(Cl)cc3)c3c([nH]c4ccccc34)[C@@]2(C)C1=O. The number of aromatic amines is 1. The van der Waals surface area contributed by atoms with Crippen molar-refractivity contribution in [2.75, 3.05) is 26.2 Å². The predicted octanol–water partition coefficient (Wildman–Crippen LogP) is 4.67. The van der Waals surface area contributed by atoms with Gasteiger partial charge in [-0.2, -0.15) is 0 Å². The highest BCUT2D eigenvalue weighted by Crippen LogP contribution is 2.48. The zero-order valence-corrected chi connectivity index (χ0v) is 20.6. The summed E-state index contributed by atoms with van der Waals surface area (Å²) < 4.78 is 5.65. The first kappa shape index (κ1) is 22.9. The molecule has 0 bridgehead atoms. The number of carbonyl (C=O) groups is 2. The van der Waals surface area contributed by atoms with Gasteiger partial charge in [0.25, 0.3) is 5.91 Å². The summed E-state index contributed by atoms with van der Waals surface area (Å²) in [6.45, 7) is 7.47. The Morgan fingerprint density at radius 2 is 1.88 bits per heavy atom. The van der Waals surface area contributed by atoms with Crippen molar-refractivity contribution >= 4 is 34.3 Å². The van der Waals surface area contributed by atoms with Crippen LogP contribution >= 0.6 is 11.6 Å². The summed E-state index contributed by atoms with van der Waals surface area (Å²) >= 11 is 6.16. The smallest absolute Gasteiger partial charge is 0.254 e. The Bertz CT molecular complexity index is 1240. The fraction of sp³-hybridized carbons (Fsp3) is 0.407. The first-order valence-electron chi connectivity index (χ1n) is 11.9. The van der Waals surface area contributed by atoms with E-state index in [0.717, 1.165) is 27.7 Å². The van der Waals surface area contributed by atoms with E-state index < -0.39 is 5.54 Å². The van der Waals surface area contributed by atoms with Crippen LogP contribution in [0.1, 0.15) is 49.9 Å². The molecular formula is C27H30ClN3O3. The highest BCUT2D eigenvalue weighted by Gasteiger charge is 2.56. The van der Waals surface area contributed by atoms with Crippen molar-refractivity contribution in [3.8, 4) is 0 Å². The molecule has 178 valence electrons. The van der Waals surface area contributed by atoms with E-state index in [1.165, 1.54) is 0 Å². The zero-order valence-electron chi connectivity index (χ0n) is 19.8. The van der Waals surface area contributed by atoms with Crippen LogP contribution in [0.15, 0.2) is 48.5 Å². The van der Waals surface area contributed by atoms with E-state index in [0.29, 0.717) is 31.1 Å². The predicted molar refractivity (Wildman–Crippen MR) is 133 cm³/mol. The minimum absolute atomic E-state index is 0.0323. The lowest BCUT2D eigenvalue weighted by molar-refractivity contribution is -0.166. The van der Waals surface area contributed by atoms with Gasteiger partial charge in [0, 0.05) is 41.5 Å². The number of para-hydroxylation sites is 1. The number of benzene rings is 2. The number of aromatic nitrogens is 1. The number of nitrogens with one attached hydrogen (secondary N) is 1. The van der Waals surface area contributed by atoms with Crippen LogP contribution in [0.3, 0.4) is 0 Å². The van der Waals surface area contributed by atoms with Crippen LogP contribution in [0.25, 0.3) is 10.9 Å². The summed E-state index contributed by atoms with van der Waals surface area (Å²) in [5.74, 6) is -0.131. The van der Waals surface area contributed by atoms with Gasteiger partial charge in [-0.25, -0.2) is 0 Å². The molecular weight excluding hydrogens is 450 g/mol. The van der Waals surface area contributed by atoms with Crippen molar-refractivity contribution < 1.29 is 14.3 Å². The largest absolute Gasteiger partial charge is 0.379 e. The third kappa shape index (κ3) is 3.69. The molecule has 2 atom stereocenters. The van der Waals surface area contributed by atoms with Crippen molar-refractivity contribution in [3.05, 3.63) is 70.4 Å². The Morgan fingerprint density at radius 1 is 1.15 bits per heavy atom. The van der Waals surface area contributed by atoms with Crippen molar-refractivity contribution in [1.82, 2.24) is 14.8 Å². The molecule has 1 N–H and O–H groups in total. The molecule has 2 amide bonds. The molecule has 0 aliphatic carbocycles. The molecule has 5 rings (SSSR count). The summed E-state index contributed by atoms with van der Waals surface area (Å²) in [5.41, 5.74) is 2.86. The van der Waals surface area contributed by atoms with E-state index in [1.807, 2.05) is 63.2 Å². The van der Waals surface area contributed by atoms with Crippen LogP contribution in [0, 0.1) is 0 Å². The van der Waals surface area contributed by atoms with Gasteiger partial charge in [-0.3, -0.25) is 9.59 Å². The molecule has 0 spiro atoms. The van der Waals surface area contributed by atoms with Crippen molar-refractivity contribution in [2.24, 2.45) is 0 Å². The summed E-state index contributed by atoms with van der Waals surface area (Å²) in [6.07, 6.45) is 0.837. The lowest BCUT2D eigenvalue weighted by Gasteiger charge is -2.51. The number of nitrogens with zero attached hydrogens (tertiary/aromatic N) is 2. The second-order valence-electron chi connectivity index (χ2n) is 9.64. The van der Waals surface area contributed by atoms with E-state index in [-0.39, 0.29) is 30.4 Å². The summed E-state index contributed by atoms with van der Waals surface area (Å²) in [5, 5.41) is 1.76. The van der Waals surface area contributed by atoms with Crippen molar-refractivity contribution in [3.63, 3.8) is 0 Å². The maximum absolute atomic E-state index is 13.9. The molecule has 1 saturated heterocycles. The van der Waals surface area contributed by atoms with E-state index in [1.54, 1.807) is 9.80 Å². The molecule has 2 aromatic carbocycles. The third-order valence-corrected chi connectivity index (χ3v) is 7.37. The lowest BCUT2D eigenvalue weighted by atomic mass is 9.76. The van der Waals surface area contributed by atoms with E-state index in [9.17, 15) is 9.59 Å². The number of amides is 2. The Labute approximate surface area is 204 Å². The third-order valence-electron chi connectivity index (χ3n) is 7.11. The Morgan fingerprint density at radius 3 is 2.62 bits per heavy atom. The first-order chi connectivity index (χ1) is 16.3. The van der Waals surface area contributed by atoms with Crippen LogP contribution in [0.2, 0.25) is 5.02 Å². The molecule has 34 heavy (non-hydrogen) atoms. The second-order valence-corrected chi connectivity index (χ2v) is 10.1. The minimum atomic E-state index is -1.08. The Kier molecular flexibility index (Phi) is 5.90. The first-order valence-corrected chi connectivity index (χ1v) is 12.3. The number of hydrogen-bond acceptors (Lipinski definition) is 3. The fourth-order valence-electron chi connectivity index (χ4n) is 5.43. The minimum Gasteiger partial charge on any atom is -0.379 e. The van der Waals surface area contributed by atoms with Gasteiger partial charge < -0.3 is 19.5 Å². The molecule has 3 heterocycles. The zero-order chi connectivity index (χ0) is 24.0. The van der Waals surface area contributed by atoms with Gasteiger partial charge >= 0.3 is 0 Å². The maximum Gasteiger partial charge on any atom is 0.254 e. The Hall–Kier alpha value is -2.83. The number of fused-ring (bicyclic) bond motifs is 5. The van der Waals surface area contributed by atoms with Crippen molar-refractivity contribution in [2.45, 2.75) is 44.8 Å². The monoisotopic (exact) mass is 479 g/mol. The quantitative estimate of drug-likeness (QED) is 0.522. The van der Waals surface area contributed by atoms with Crippen LogP contribution in [-0.2, 0) is 19.9 Å². The topological polar surface area (TPSA) is 65.6 Å². The number of rotatable bonds is 6. The molecule has 7 heteroatoms. The highest BCUT2D eigenvalue weighted by atomic mass is 35.5. The number of halogens is 1. The van der Waals surface area contributed by atoms with Gasteiger partial charge in [0.15, 0.2) is 5.54 Å². The number of ether oxygens (including phenoxy) is 1. The van der Waals surface area contributed by atoms with Gasteiger partial charge in [0.05, 0.1) is 18.3 Å². The number of hydrogen-bond donors (Lipinski definition) is 1. The highest BCUT2D eigenvalue weighted by molar-refractivity contribution is 6.30. The van der Waals surface area contributed by atoms with Gasteiger partial charge in [-0.05, 0) is 56.5 Å². The van der Waals surface area contributed by atoms with Crippen LogP contribution < -0.4 is 0 Å². The summed E-state index contributed by atoms with van der Waals surface area (Å²) in [6, 6.07) is 15.9. The molecule has 0 saturated carbocycles. The van der Waals surface area contributed by atoms with Crippen LogP contribution in [0.4, 0.5) is 0 Å². The lowest BCUT2D eigenvalue weighted by Crippen LogP contribution is -2.67. The van der Waals surface area contributed by atoms with Gasteiger partial charge in [0.1, 0.15) is 0 Å². The number of carbonyl (C=O) groups excluding carboxylic acids is 2.